The topological polar surface area (TPSA) is 18.5 Å². The first-order valence-corrected chi connectivity index (χ1v) is 8.64. The summed E-state index contributed by atoms with van der Waals surface area (Å²) in [6.07, 6.45) is 17.6. The van der Waals surface area contributed by atoms with Crippen molar-refractivity contribution in [2.45, 2.75) is 102 Å². The van der Waals surface area contributed by atoms with Gasteiger partial charge in [0, 0.05) is 0 Å². The van der Waals surface area contributed by atoms with Crippen LogP contribution < -0.4 is 0 Å². The molecule has 2 fully saturated rings. The minimum atomic E-state index is 0.115. The molecule has 2 nitrogen and oxygen atoms in total. The van der Waals surface area contributed by atoms with Crippen LogP contribution in [0.4, 0.5) is 0 Å². The summed E-state index contributed by atoms with van der Waals surface area (Å²) < 4.78 is 11.7. The minimum Gasteiger partial charge on any atom is -0.350 e. The Morgan fingerprint density at radius 2 is 1.63 bits per heavy atom. The summed E-state index contributed by atoms with van der Waals surface area (Å²) in [5.41, 5.74) is 0.115. The molecule has 0 aromatic heterocycles. The normalized spacial score (nSPS) is 29.8. The monoisotopic (exact) mass is 268 g/mol. The number of hydrogen-bond acceptors (Lipinski definition) is 2. The second kappa shape index (κ2) is 8.26. The molecule has 0 radical (unpaired) electrons. The summed E-state index contributed by atoms with van der Waals surface area (Å²) in [5, 5.41) is 0. The quantitative estimate of drug-likeness (QED) is 0.507. The van der Waals surface area contributed by atoms with Gasteiger partial charge < -0.3 is 9.47 Å². The molecule has 2 heteroatoms. The molecule has 2 saturated heterocycles. The van der Waals surface area contributed by atoms with E-state index in [1.165, 1.54) is 77.0 Å². The first-order chi connectivity index (χ1) is 9.35. The van der Waals surface area contributed by atoms with Gasteiger partial charge in [0.1, 0.15) is 0 Å². The van der Waals surface area contributed by atoms with Crippen molar-refractivity contribution >= 4 is 0 Å². The van der Waals surface area contributed by atoms with Crippen molar-refractivity contribution in [2.24, 2.45) is 0 Å². The lowest BCUT2D eigenvalue weighted by molar-refractivity contribution is -0.122. The van der Waals surface area contributed by atoms with Crippen LogP contribution in [0, 0.1) is 0 Å². The van der Waals surface area contributed by atoms with Crippen LogP contribution in [0.2, 0.25) is 0 Å². The summed E-state index contributed by atoms with van der Waals surface area (Å²) >= 11 is 0. The highest BCUT2D eigenvalue weighted by Crippen LogP contribution is 2.39. The molecule has 19 heavy (non-hydrogen) atoms. The van der Waals surface area contributed by atoms with Crippen molar-refractivity contribution in [3.8, 4) is 0 Å². The second-order valence-electron chi connectivity index (χ2n) is 6.51. The van der Waals surface area contributed by atoms with Gasteiger partial charge in [-0.05, 0) is 25.7 Å². The number of rotatable bonds is 10. The molecule has 0 amide bonds. The summed E-state index contributed by atoms with van der Waals surface area (Å²) in [5.74, 6) is 0. The first-order valence-electron chi connectivity index (χ1n) is 8.64. The zero-order valence-corrected chi connectivity index (χ0v) is 12.8. The zero-order valence-electron chi connectivity index (χ0n) is 12.8. The molecule has 0 N–H and O–H groups in total. The molecule has 0 saturated carbocycles. The molecule has 2 rings (SSSR count). The summed E-state index contributed by atoms with van der Waals surface area (Å²) in [4.78, 5) is 0. The highest BCUT2D eigenvalue weighted by molar-refractivity contribution is 4.88. The van der Waals surface area contributed by atoms with Crippen molar-refractivity contribution in [1.82, 2.24) is 0 Å². The smallest absolute Gasteiger partial charge is 0.158 e. The van der Waals surface area contributed by atoms with E-state index < -0.39 is 0 Å². The van der Waals surface area contributed by atoms with E-state index >= 15 is 0 Å². The van der Waals surface area contributed by atoms with Gasteiger partial charge in [-0.2, -0.15) is 0 Å². The minimum absolute atomic E-state index is 0.115. The van der Waals surface area contributed by atoms with E-state index in [1.54, 1.807) is 0 Å². The van der Waals surface area contributed by atoms with E-state index in [0.29, 0.717) is 0 Å². The van der Waals surface area contributed by atoms with Crippen molar-refractivity contribution in [2.75, 3.05) is 6.61 Å². The van der Waals surface area contributed by atoms with Gasteiger partial charge in [0.2, 0.25) is 0 Å². The van der Waals surface area contributed by atoms with Crippen LogP contribution in [0.5, 0.6) is 0 Å². The summed E-state index contributed by atoms with van der Waals surface area (Å²) in [6, 6.07) is 0. The van der Waals surface area contributed by atoms with E-state index in [1.807, 2.05) is 0 Å². The lowest BCUT2D eigenvalue weighted by atomic mass is 9.90. The Morgan fingerprint density at radius 1 is 0.947 bits per heavy atom. The number of unbranched alkanes of at least 4 members (excludes halogenated alkanes) is 8. The Kier molecular flexibility index (Phi) is 6.66. The average molecular weight is 268 g/mol. The van der Waals surface area contributed by atoms with E-state index in [4.69, 9.17) is 9.47 Å². The molecule has 0 spiro atoms. The highest BCUT2D eigenvalue weighted by atomic mass is 16.7. The van der Waals surface area contributed by atoms with Crippen LogP contribution in [0.3, 0.4) is 0 Å². The van der Waals surface area contributed by atoms with E-state index in [0.717, 1.165) is 13.0 Å². The molecular weight excluding hydrogens is 236 g/mol. The fourth-order valence-corrected chi connectivity index (χ4v) is 3.47. The Bertz CT molecular complexity index is 237. The van der Waals surface area contributed by atoms with Gasteiger partial charge in [0.25, 0.3) is 0 Å². The van der Waals surface area contributed by atoms with Crippen molar-refractivity contribution in [3.05, 3.63) is 0 Å². The van der Waals surface area contributed by atoms with Gasteiger partial charge in [-0.3, -0.25) is 0 Å². The van der Waals surface area contributed by atoms with Gasteiger partial charge in [-0.25, -0.2) is 0 Å². The molecule has 112 valence electrons. The maximum absolute atomic E-state index is 6.03. The number of hydrogen-bond donors (Lipinski definition) is 0. The highest BCUT2D eigenvalue weighted by Gasteiger charge is 2.43. The van der Waals surface area contributed by atoms with Crippen LogP contribution >= 0.6 is 0 Å². The lowest BCUT2D eigenvalue weighted by Crippen LogP contribution is -2.35. The molecular formula is C17H32O2. The summed E-state index contributed by atoms with van der Waals surface area (Å²) in [6.45, 7) is 3.14. The Morgan fingerprint density at radius 3 is 2.37 bits per heavy atom. The van der Waals surface area contributed by atoms with Gasteiger partial charge >= 0.3 is 0 Å². The molecule has 2 bridgehead atoms. The fraction of sp³-hybridized carbons (Fsp3) is 1.00. The fourth-order valence-electron chi connectivity index (χ4n) is 3.47. The molecule has 2 heterocycles. The van der Waals surface area contributed by atoms with Gasteiger partial charge in [0.05, 0.1) is 12.2 Å². The standard InChI is InChI=1S/C17H32O2/c1-2-3-4-5-6-7-8-9-10-13-17-14-11-12-16(19-17)18-15-17/h16H,2-15H2,1H3/t16-,17+/m0/s1. The predicted molar refractivity (Wildman–Crippen MR) is 79.3 cm³/mol. The second-order valence-corrected chi connectivity index (χ2v) is 6.51. The SMILES string of the molecule is CCCCCCCCCCC[C@@]12CCC[C@@H](OC1)O2. The van der Waals surface area contributed by atoms with Gasteiger partial charge in [0.15, 0.2) is 6.29 Å². The average Bonchev–Trinajstić information content (AvgIpc) is 2.72. The number of fused-ring (bicyclic) bond motifs is 2. The maximum Gasteiger partial charge on any atom is 0.158 e. The predicted octanol–water partition coefficient (Wildman–Crippen LogP) is 5.20. The van der Waals surface area contributed by atoms with Crippen LogP contribution in [0.1, 0.15) is 90.4 Å². The van der Waals surface area contributed by atoms with Gasteiger partial charge in [-0.1, -0.05) is 64.7 Å². The van der Waals surface area contributed by atoms with Crippen LogP contribution in [0.15, 0.2) is 0 Å². The van der Waals surface area contributed by atoms with Crippen LogP contribution in [-0.2, 0) is 9.47 Å². The van der Waals surface area contributed by atoms with E-state index in [-0.39, 0.29) is 11.9 Å². The Labute approximate surface area is 119 Å². The van der Waals surface area contributed by atoms with Crippen molar-refractivity contribution < 1.29 is 9.47 Å². The molecule has 0 aliphatic carbocycles. The molecule has 0 aromatic carbocycles. The number of ether oxygens (including phenoxy) is 2. The van der Waals surface area contributed by atoms with Gasteiger partial charge in [-0.15, -0.1) is 0 Å². The first kappa shape index (κ1) is 15.3. The zero-order chi connectivity index (χ0) is 13.4. The van der Waals surface area contributed by atoms with E-state index in [9.17, 15) is 0 Å². The summed E-state index contributed by atoms with van der Waals surface area (Å²) in [7, 11) is 0. The van der Waals surface area contributed by atoms with Crippen LogP contribution in [-0.4, -0.2) is 18.5 Å². The molecule has 0 unspecified atom stereocenters. The molecule has 0 aromatic rings. The third-order valence-corrected chi connectivity index (χ3v) is 4.72. The Hall–Kier alpha value is -0.0800. The molecule has 2 aliphatic heterocycles. The Balaban J connectivity index is 1.44. The molecule has 2 atom stereocenters. The van der Waals surface area contributed by atoms with Crippen molar-refractivity contribution in [1.29, 1.82) is 0 Å². The third-order valence-electron chi connectivity index (χ3n) is 4.72. The van der Waals surface area contributed by atoms with Crippen molar-refractivity contribution in [3.63, 3.8) is 0 Å². The van der Waals surface area contributed by atoms with Crippen LogP contribution in [0.25, 0.3) is 0 Å². The molecule has 2 aliphatic rings. The third kappa shape index (κ3) is 5.07. The lowest BCUT2D eigenvalue weighted by Gasteiger charge is -2.31. The maximum atomic E-state index is 6.03. The largest absolute Gasteiger partial charge is 0.350 e. The van der Waals surface area contributed by atoms with E-state index in [2.05, 4.69) is 6.92 Å².